The van der Waals surface area contributed by atoms with Crippen LogP contribution in [0.4, 0.5) is 5.69 Å². The second-order valence-corrected chi connectivity index (χ2v) is 9.79. The third-order valence-electron chi connectivity index (χ3n) is 6.91. The summed E-state index contributed by atoms with van der Waals surface area (Å²) in [5, 5.41) is 29.7. The van der Waals surface area contributed by atoms with Crippen LogP contribution in [-0.2, 0) is 0 Å². The Kier molecular flexibility index (Phi) is 7.84. The molecule has 1 N–H and O–H groups in total. The van der Waals surface area contributed by atoms with Crippen molar-refractivity contribution in [2.24, 2.45) is 0 Å². The van der Waals surface area contributed by atoms with Crippen LogP contribution in [0.2, 0.25) is 0 Å². The molecule has 7 heteroatoms. The lowest BCUT2D eigenvalue weighted by molar-refractivity contribution is 0.473. The molecule has 0 aliphatic heterocycles. The quantitative estimate of drug-likeness (QED) is 0.180. The first kappa shape index (κ1) is 26.6. The number of fused-ring (bicyclic) bond motifs is 2. The minimum atomic E-state index is -0.00541. The van der Waals surface area contributed by atoms with Crippen molar-refractivity contribution in [1.29, 1.82) is 10.5 Å². The van der Waals surface area contributed by atoms with Crippen LogP contribution in [0.25, 0.3) is 50.9 Å². The number of nitrogens with zero attached hydrogens (tertiary/aromatic N) is 4. The molecule has 0 atom stereocenters. The van der Waals surface area contributed by atoms with Crippen LogP contribution in [0.1, 0.15) is 45.1 Å². The van der Waals surface area contributed by atoms with E-state index in [2.05, 4.69) is 48.0 Å². The number of unbranched alkanes of at least 4 members (excludes halogenated alkanes) is 2. The Balaban J connectivity index is 1.43. The van der Waals surface area contributed by atoms with E-state index in [0.29, 0.717) is 33.6 Å². The number of anilines is 1. The number of hydrogen-bond donors (Lipinski definition) is 1. The maximum Gasteiger partial charge on any atom is 0.231 e. The molecule has 5 aromatic rings. The summed E-state index contributed by atoms with van der Waals surface area (Å²) in [5.41, 5.74) is 4.94. The van der Waals surface area contributed by atoms with E-state index < -0.39 is 0 Å². The van der Waals surface area contributed by atoms with Gasteiger partial charge in [-0.2, -0.15) is 10.5 Å². The highest BCUT2D eigenvalue weighted by Gasteiger charge is 2.17. The number of oxazole rings is 1. The van der Waals surface area contributed by atoms with E-state index in [1.165, 1.54) is 37.4 Å². The molecule has 7 nitrogen and oxygen atoms in total. The maximum atomic E-state index is 10.8. The van der Waals surface area contributed by atoms with Gasteiger partial charge in [0.15, 0.2) is 5.58 Å². The van der Waals surface area contributed by atoms with Gasteiger partial charge in [0.2, 0.25) is 5.89 Å². The molecular formula is C33H30N4O3. The van der Waals surface area contributed by atoms with Gasteiger partial charge >= 0.3 is 0 Å². The molecule has 200 valence electrons. The summed E-state index contributed by atoms with van der Waals surface area (Å²) in [5.74, 6) is 0.975. The van der Waals surface area contributed by atoms with Gasteiger partial charge in [0.05, 0.1) is 5.56 Å². The predicted molar refractivity (Wildman–Crippen MR) is 158 cm³/mol. The number of benzene rings is 3. The van der Waals surface area contributed by atoms with Crippen molar-refractivity contribution in [3.8, 4) is 40.7 Å². The molecule has 2 aromatic heterocycles. The molecule has 2 heterocycles. The van der Waals surface area contributed by atoms with Crippen LogP contribution in [0, 0.1) is 22.7 Å². The Morgan fingerprint density at radius 1 is 0.900 bits per heavy atom. The monoisotopic (exact) mass is 530 g/mol. The van der Waals surface area contributed by atoms with Crippen molar-refractivity contribution < 1.29 is 13.9 Å². The first-order valence-corrected chi connectivity index (χ1v) is 13.6. The van der Waals surface area contributed by atoms with Gasteiger partial charge in [-0.1, -0.05) is 32.8 Å². The van der Waals surface area contributed by atoms with Gasteiger partial charge in [0.1, 0.15) is 40.3 Å². The molecule has 0 fully saturated rings. The van der Waals surface area contributed by atoms with Crippen molar-refractivity contribution in [3.05, 3.63) is 71.8 Å². The Labute approximate surface area is 233 Å². The molecule has 0 unspecified atom stereocenters. The van der Waals surface area contributed by atoms with E-state index in [0.717, 1.165) is 24.0 Å². The smallest absolute Gasteiger partial charge is 0.231 e. The fourth-order valence-corrected chi connectivity index (χ4v) is 4.70. The van der Waals surface area contributed by atoms with Gasteiger partial charge in [-0.15, -0.1) is 0 Å². The van der Waals surface area contributed by atoms with Crippen molar-refractivity contribution in [3.63, 3.8) is 0 Å². The third-order valence-corrected chi connectivity index (χ3v) is 6.91. The van der Waals surface area contributed by atoms with Crippen molar-refractivity contribution in [2.45, 2.75) is 39.5 Å². The van der Waals surface area contributed by atoms with Crippen LogP contribution < -0.4 is 4.90 Å². The molecule has 0 amide bonds. The zero-order chi connectivity index (χ0) is 28.1. The normalized spacial score (nSPS) is 10.9. The fraction of sp³-hybridized carbons (Fsp3) is 0.242. The standard InChI is InChI=1S/C33H30N4O3/c1-3-5-13-37(14-6-4-2)26-10-8-24(9-11-26)31-18-25-17-27(29(38)19-32(25)39-31)33-36-28-16-22(7-12-30(28)40-33)15-23(20-34)21-35/h7-12,15-19,38H,3-6,13-14H2,1-2H3. The largest absolute Gasteiger partial charge is 0.507 e. The van der Waals surface area contributed by atoms with Crippen LogP contribution in [0.3, 0.4) is 0 Å². The average molecular weight is 531 g/mol. The maximum absolute atomic E-state index is 10.8. The van der Waals surface area contributed by atoms with E-state index in [9.17, 15) is 5.11 Å². The topological polar surface area (TPSA) is 110 Å². The Morgan fingerprint density at radius 3 is 2.30 bits per heavy atom. The molecule has 0 saturated carbocycles. The number of allylic oxidation sites excluding steroid dienone is 1. The zero-order valence-corrected chi connectivity index (χ0v) is 22.6. The second kappa shape index (κ2) is 11.8. The highest BCUT2D eigenvalue weighted by molar-refractivity contribution is 5.90. The highest BCUT2D eigenvalue weighted by atomic mass is 16.4. The van der Waals surface area contributed by atoms with Gasteiger partial charge in [-0.25, -0.2) is 4.98 Å². The number of phenols is 1. The van der Waals surface area contributed by atoms with E-state index in [-0.39, 0.29) is 17.2 Å². The molecule has 0 aliphatic rings. The fourth-order valence-electron chi connectivity index (χ4n) is 4.70. The summed E-state index contributed by atoms with van der Waals surface area (Å²) in [7, 11) is 0. The Bertz CT molecular complexity index is 1740. The summed E-state index contributed by atoms with van der Waals surface area (Å²) in [6, 6.07) is 22.7. The van der Waals surface area contributed by atoms with Gasteiger partial charge in [-0.3, -0.25) is 0 Å². The predicted octanol–water partition coefficient (Wildman–Crippen LogP) is 8.45. The highest BCUT2D eigenvalue weighted by Crippen LogP contribution is 2.38. The van der Waals surface area contributed by atoms with Gasteiger partial charge < -0.3 is 18.8 Å². The SMILES string of the molecule is CCCCN(CCCC)c1ccc(-c2cc3cc(-c4nc5cc(C=C(C#N)C#N)ccc5o4)c(O)cc3o2)cc1. The third kappa shape index (κ3) is 5.55. The molecule has 0 saturated heterocycles. The molecule has 0 radical (unpaired) electrons. The molecule has 0 bridgehead atoms. The van der Waals surface area contributed by atoms with Gasteiger partial charge in [0, 0.05) is 35.8 Å². The summed E-state index contributed by atoms with van der Waals surface area (Å²) < 4.78 is 12.0. The number of furan rings is 1. The number of aromatic hydroxyl groups is 1. The van der Waals surface area contributed by atoms with E-state index in [4.69, 9.17) is 19.4 Å². The molecule has 40 heavy (non-hydrogen) atoms. The van der Waals surface area contributed by atoms with E-state index >= 15 is 0 Å². The van der Waals surface area contributed by atoms with Crippen molar-refractivity contribution in [1.82, 2.24) is 4.98 Å². The summed E-state index contributed by atoms with van der Waals surface area (Å²) in [6.07, 6.45) is 6.17. The number of nitriles is 2. The summed E-state index contributed by atoms with van der Waals surface area (Å²) in [4.78, 5) is 7.00. The number of hydrogen-bond acceptors (Lipinski definition) is 7. The summed E-state index contributed by atoms with van der Waals surface area (Å²) >= 11 is 0. The minimum Gasteiger partial charge on any atom is -0.507 e. The van der Waals surface area contributed by atoms with Crippen molar-refractivity contribution in [2.75, 3.05) is 18.0 Å². The van der Waals surface area contributed by atoms with E-state index in [1.54, 1.807) is 30.3 Å². The van der Waals surface area contributed by atoms with Gasteiger partial charge in [-0.05, 0) is 73.0 Å². The Morgan fingerprint density at radius 2 is 1.62 bits per heavy atom. The first-order valence-electron chi connectivity index (χ1n) is 13.6. The second-order valence-electron chi connectivity index (χ2n) is 9.79. The van der Waals surface area contributed by atoms with Crippen LogP contribution in [0.15, 0.2) is 75.1 Å². The van der Waals surface area contributed by atoms with Crippen LogP contribution >= 0.6 is 0 Å². The zero-order valence-electron chi connectivity index (χ0n) is 22.6. The summed E-state index contributed by atoms with van der Waals surface area (Å²) in [6.45, 7) is 6.54. The molecule has 3 aromatic carbocycles. The number of rotatable bonds is 10. The first-order chi connectivity index (χ1) is 19.5. The lowest BCUT2D eigenvalue weighted by atomic mass is 10.1. The molecule has 0 aliphatic carbocycles. The minimum absolute atomic E-state index is 0.00174. The average Bonchev–Trinajstić information content (AvgIpc) is 3.59. The Hall–Kier alpha value is -5.01. The van der Waals surface area contributed by atoms with Crippen LogP contribution in [0.5, 0.6) is 5.75 Å². The molecular weight excluding hydrogens is 500 g/mol. The lowest BCUT2D eigenvalue weighted by Crippen LogP contribution is -2.25. The van der Waals surface area contributed by atoms with E-state index in [1.807, 2.05) is 18.2 Å². The lowest BCUT2D eigenvalue weighted by Gasteiger charge is -2.24. The molecule has 5 rings (SSSR count). The number of phenolic OH excluding ortho intramolecular Hbond substituents is 1. The van der Waals surface area contributed by atoms with Gasteiger partial charge in [0.25, 0.3) is 0 Å². The van der Waals surface area contributed by atoms with Crippen molar-refractivity contribution >= 4 is 33.8 Å². The van der Waals surface area contributed by atoms with Crippen LogP contribution in [-0.4, -0.2) is 23.2 Å². The number of aromatic nitrogens is 1. The molecule has 0 spiro atoms.